The van der Waals surface area contributed by atoms with Crippen LogP contribution in [0.5, 0.6) is 0 Å². The Hall–Kier alpha value is -3.01. The quantitative estimate of drug-likeness (QED) is 0.341. The number of halogens is 1. The minimum absolute atomic E-state index is 0.00700. The molecule has 1 aliphatic rings. The number of para-hydroxylation sites is 2. The van der Waals surface area contributed by atoms with Crippen molar-refractivity contribution in [1.82, 2.24) is 14.5 Å². The first-order valence-corrected chi connectivity index (χ1v) is 12.3. The molecule has 4 aromatic rings. The highest BCUT2D eigenvalue weighted by atomic mass is 32.2. The zero-order valence-electron chi connectivity index (χ0n) is 17.9. The van der Waals surface area contributed by atoms with Gasteiger partial charge >= 0.3 is 0 Å². The van der Waals surface area contributed by atoms with Crippen molar-refractivity contribution >= 4 is 44.9 Å². The number of thioether (sulfide) groups is 1. The number of anilines is 1. The van der Waals surface area contributed by atoms with Crippen molar-refractivity contribution in [2.75, 3.05) is 24.7 Å². The molecule has 1 amide bonds. The van der Waals surface area contributed by atoms with Crippen LogP contribution >= 0.6 is 23.1 Å². The van der Waals surface area contributed by atoms with Crippen LogP contribution in [0.25, 0.3) is 15.9 Å². The average molecular weight is 481 g/mol. The molecule has 0 saturated carbocycles. The lowest BCUT2D eigenvalue weighted by atomic mass is 10.1. The van der Waals surface area contributed by atoms with Gasteiger partial charge in [-0.2, -0.15) is 0 Å². The summed E-state index contributed by atoms with van der Waals surface area (Å²) in [7, 11) is 2.07. The van der Waals surface area contributed by atoms with Crippen molar-refractivity contribution in [3.8, 4) is 5.69 Å². The van der Waals surface area contributed by atoms with E-state index < -0.39 is 5.82 Å². The van der Waals surface area contributed by atoms with Crippen LogP contribution in [0.3, 0.4) is 0 Å². The molecule has 0 radical (unpaired) electrons. The van der Waals surface area contributed by atoms with Crippen molar-refractivity contribution in [2.24, 2.45) is 0 Å². The maximum absolute atomic E-state index is 13.9. The minimum atomic E-state index is -0.495. The summed E-state index contributed by atoms with van der Waals surface area (Å²) in [5, 5.41) is 3.70. The predicted molar refractivity (Wildman–Crippen MR) is 131 cm³/mol. The summed E-state index contributed by atoms with van der Waals surface area (Å²) in [5.41, 5.74) is 1.79. The minimum Gasteiger partial charge on any atom is -0.323 e. The highest BCUT2D eigenvalue weighted by molar-refractivity contribution is 7.99. The van der Waals surface area contributed by atoms with Crippen LogP contribution in [0.2, 0.25) is 0 Å². The molecule has 1 aliphatic heterocycles. The van der Waals surface area contributed by atoms with Gasteiger partial charge in [-0.25, -0.2) is 9.37 Å². The molecule has 1 N–H and O–H groups in total. The molecular formula is C24H21FN4O2S2. The van der Waals surface area contributed by atoms with E-state index in [0.717, 1.165) is 36.8 Å². The van der Waals surface area contributed by atoms with Crippen molar-refractivity contribution < 1.29 is 9.18 Å². The number of thiophene rings is 1. The maximum atomic E-state index is 13.9. The van der Waals surface area contributed by atoms with Gasteiger partial charge in [-0.15, -0.1) is 11.3 Å². The number of nitrogens with zero attached hydrogens (tertiary/aromatic N) is 3. The zero-order valence-corrected chi connectivity index (χ0v) is 19.5. The Morgan fingerprint density at radius 2 is 1.94 bits per heavy atom. The third kappa shape index (κ3) is 4.31. The van der Waals surface area contributed by atoms with Crippen LogP contribution in [-0.2, 0) is 17.8 Å². The van der Waals surface area contributed by atoms with Crippen molar-refractivity contribution in [1.29, 1.82) is 0 Å². The normalized spacial score (nSPS) is 13.8. The predicted octanol–water partition coefficient (Wildman–Crippen LogP) is 4.31. The Balaban J connectivity index is 1.52. The van der Waals surface area contributed by atoms with E-state index in [1.54, 1.807) is 28.0 Å². The second kappa shape index (κ2) is 9.09. The third-order valence-corrected chi connectivity index (χ3v) is 7.58. The van der Waals surface area contributed by atoms with Gasteiger partial charge in [0.25, 0.3) is 5.56 Å². The molecule has 6 nitrogen and oxygen atoms in total. The van der Waals surface area contributed by atoms with Crippen LogP contribution in [-0.4, -0.2) is 39.7 Å². The van der Waals surface area contributed by atoms with Crippen LogP contribution in [0.1, 0.15) is 10.4 Å². The largest absolute Gasteiger partial charge is 0.323 e. The first-order valence-electron chi connectivity index (χ1n) is 10.5. The molecule has 168 valence electrons. The molecular weight excluding hydrogens is 459 g/mol. The first-order chi connectivity index (χ1) is 16.0. The molecule has 0 fully saturated rings. The van der Waals surface area contributed by atoms with Gasteiger partial charge < -0.3 is 10.2 Å². The number of rotatable bonds is 5. The third-order valence-electron chi connectivity index (χ3n) is 5.53. The Labute approximate surface area is 198 Å². The summed E-state index contributed by atoms with van der Waals surface area (Å²) in [6.07, 6.45) is 0.815. The molecule has 0 saturated heterocycles. The summed E-state index contributed by atoms with van der Waals surface area (Å²) < 4.78 is 15.5. The van der Waals surface area contributed by atoms with Crippen LogP contribution in [0, 0.1) is 5.82 Å². The number of amides is 1. The lowest BCUT2D eigenvalue weighted by Gasteiger charge is -2.21. The van der Waals surface area contributed by atoms with Gasteiger partial charge in [0.2, 0.25) is 5.91 Å². The molecule has 0 atom stereocenters. The van der Waals surface area contributed by atoms with Gasteiger partial charge in [0.05, 0.1) is 22.5 Å². The van der Waals surface area contributed by atoms with Gasteiger partial charge in [-0.05, 0) is 43.3 Å². The maximum Gasteiger partial charge on any atom is 0.267 e. The molecule has 33 heavy (non-hydrogen) atoms. The smallest absolute Gasteiger partial charge is 0.267 e. The summed E-state index contributed by atoms with van der Waals surface area (Å²) in [4.78, 5) is 35.1. The van der Waals surface area contributed by atoms with E-state index in [1.807, 2.05) is 30.3 Å². The van der Waals surface area contributed by atoms with E-state index in [-0.39, 0.29) is 22.9 Å². The number of benzene rings is 2. The number of nitrogens with one attached hydrogen (secondary N) is 1. The van der Waals surface area contributed by atoms with Crippen molar-refractivity contribution in [3.05, 3.63) is 81.2 Å². The zero-order chi connectivity index (χ0) is 22.9. The number of carbonyl (C=O) groups excluding carboxylic acids is 1. The molecule has 0 aliphatic carbocycles. The number of likely N-dealkylation sites (N-methyl/N-ethyl adjacent to an activating group) is 1. The van der Waals surface area contributed by atoms with Gasteiger partial charge in [0.15, 0.2) is 5.16 Å². The second-order valence-corrected chi connectivity index (χ2v) is 9.89. The Bertz CT molecular complexity index is 1400. The SMILES string of the molecule is CN1CCc2c(sc3nc(SCC(=O)Nc4ccccc4F)n(-c4ccccc4)c(=O)c23)C1. The van der Waals surface area contributed by atoms with Crippen molar-refractivity contribution in [2.45, 2.75) is 18.1 Å². The fourth-order valence-electron chi connectivity index (χ4n) is 3.93. The fraction of sp³-hybridized carbons (Fsp3) is 0.208. The summed E-state index contributed by atoms with van der Waals surface area (Å²) in [6, 6.07) is 15.3. The van der Waals surface area contributed by atoms with Crippen LogP contribution in [0.4, 0.5) is 10.1 Å². The highest BCUT2D eigenvalue weighted by Crippen LogP contribution is 2.34. The van der Waals surface area contributed by atoms with Gasteiger partial charge in [0.1, 0.15) is 10.6 Å². The van der Waals surface area contributed by atoms with E-state index in [2.05, 4.69) is 17.3 Å². The molecule has 3 heterocycles. The van der Waals surface area contributed by atoms with Crippen molar-refractivity contribution in [3.63, 3.8) is 0 Å². The molecule has 0 spiro atoms. The topological polar surface area (TPSA) is 67.2 Å². The van der Waals surface area contributed by atoms with E-state index in [1.165, 1.54) is 17.0 Å². The van der Waals surface area contributed by atoms with E-state index in [9.17, 15) is 14.0 Å². The van der Waals surface area contributed by atoms with Gasteiger partial charge in [-0.1, -0.05) is 42.1 Å². The fourth-order valence-corrected chi connectivity index (χ4v) is 6.09. The Morgan fingerprint density at radius 1 is 1.18 bits per heavy atom. The molecule has 0 bridgehead atoms. The lowest BCUT2D eigenvalue weighted by Crippen LogP contribution is -2.27. The monoisotopic (exact) mass is 480 g/mol. The number of hydrogen-bond acceptors (Lipinski definition) is 6. The first kappa shape index (κ1) is 21.8. The van der Waals surface area contributed by atoms with E-state index >= 15 is 0 Å². The number of aromatic nitrogens is 2. The van der Waals surface area contributed by atoms with E-state index in [4.69, 9.17) is 4.98 Å². The summed E-state index contributed by atoms with van der Waals surface area (Å²) in [5.74, 6) is -0.871. The van der Waals surface area contributed by atoms with Gasteiger partial charge in [-0.3, -0.25) is 14.2 Å². The van der Waals surface area contributed by atoms with Crippen LogP contribution in [0.15, 0.2) is 64.5 Å². The Kier molecular flexibility index (Phi) is 6.01. The van der Waals surface area contributed by atoms with E-state index in [0.29, 0.717) is 21.1 Å². The molecule has 5 rings (SSSR count). The summed E-state index contributed by atoms with van der Waals surface area (Å²) >= 11 is 2.71. The van der Waals surface area contributed by atoms with Crippen LogP contribution < -0.4 is 10.9 Å². The Morgan fingerprint density at radius 3 is 2.73 bits per heavy atom. The highest BCUT2D eigenvalue weighted by Gasteiger charge is 2.24. The standard InChI is InChI=1S/C24H21FN4O2S2/c1-28-12-11-16-19(13-28)33-22-21(16)23(31)29(15-7-3-2-4-8-15)24(27-22)32-14-20(30)26-18-10-6-5-9-17(18)25/h2-10H,11-14H2,1H3,(H,26,30). The molecule has 2 aromatic carbocycles. The molecule has 9 heteroatoms. The van der Waals surface area contributed by atoms with Gasteiger partial charge in [0, 0.05) is 18.0 Å². The summed E-state index contributed by atoms with van der Waals surface area (Å²) in [6.45, 7) is 1.70. The number of carbonyl (C=O) groups is 1. The average Bonchev–Trinajstić information content (AvgIpc) is 3.17. The molecule has 2 aromatic heterocycles. The number of hydrogen-bond donors (Lipinski definition) is 1. The second-order valence-electron chi connectivity index (χ2n) is 7.86. The lowest BCUT2D eigenvalue weighted by molar-refractivity contribution is -0.113. The molecule has 0 unspecified atom stereocenters. The number of fused-ring (bicyclic) bond motifs is 3.